The van der Waals surface area contributed by atoms with Crippen LogP contribution in [0, 0.1) is 20.8 Å². The summed E-state index contributed by atoms with van der Waals surface area (Å²) in [7, 11) is 0. The van der Waals surface area contributed by atoms with Crippen LogP contribution in [0.25, 0.3) is 11.1 Å². The smallest absolute Gasteiger partial charge is 0.119 e. The molecule has 0 aliphatic carbocycles. The molecule has 3 heteroatoms. The van der Waals surface area contributed by atoms with Gasteiger partial charge < -0.3 is 14.6 Å². The Morgan fingerprint density at radius 2 is 1.47 bits per heavy atom. The van der Waals surface area contributed by atoms with Gasteiger partial charge in [-0.25, -0.2) is 0 Å². The highest BCUT2D eigenvalue weighted by molar-refractivity contribution is 5.72. The van der Waals surface area contributed by atoms with Crippen LogP contribution in [0.3, 0.4) is 0 Å². The third-order valence-electron chi connectivity index (χ3n) is 5.13. The number of ether oxygens (including phenoxy) is 2. The standard InChI is InChI=1S/C27H32O3/c1-19-9-11-24(12-10-19)30-18-22-7-6-8-23(17-22)26-20(2)15-25(16-21(26)3)29-14-13-27(4,5)28/h6-12,15-17,28H,13-14,18H2,1-5H3. The molecular formula is C27H32O3. The van der Waals surface area contributed by atoms with E-state index >= 15 is 0 Å². The molecule has 3 rings (SSSR count). The zero-order chi connectivity index (χ0) is 21.7. The van der Waals surface area contributed by atoms with Gasteiger partial charge in [0.15, 0.2) is 0 Å². The molecule has 0 unspecified atom stereocenters. The summed E-state index contributed by atoms with van der Waals surface area (Å²) in [6.45, 7) is 10.9. The van der Waals surface area contributed by atoms with E-state index in [9.17, 15) is 5.11 Å². The Labute approximate surface area is 180 Å². The molecule has 0 aromatic heterocycles. The Kier molecular flexibility index (Phi) is 6.84. The van der Waals surface area contributed by atoms with Gasteiger partial charge in [0.2, 0.25) is 0 Å². The number of aliphatic hydroxyl groups is 1. The number of aryl methyl sites for hydroxylation is 3. The van der Waals surface area contributed by atoms with Gasteiger partial charge in [-0.15, -0.1) is 0 Å². The lowest BCUT2D eigenvalue weighted by Gasteiger charge is -2.18. The maximum atomic E-state index is 9.86. The molecular weight excluding hydrogens is 372 g/mol. The average molecular weight is 405 g/mol. The van der Waals surface area contributed by atoms with Crippen LogP contribution in [0.4, 0.5) is 0 Å². The van der Waals surface area contributed by atoms with Gasteiger partial charge >= 0.3 is 0 Å². The minimum atomic E-state index is -0.717. The van der Waals surface area contributed by atoms with Crippen molar-refractivity contribution in [3.63, 3.8) is 0 Å². The van der Waals surface area contributed by atoms with Gasteiger partial charge in [0.1, 0.15) is 18.1 Å². The van der Waals surface area contributed by atoms with Gasteiger partial charge in [-0.3, -0.25) is 0 Å². The van der Waals surface area contributed by atoms with E-state index in [-0.39, 0.29) is 0 Å². The minimum Gasteiger partial charge on any atom is -0.493 e. The van der Waals surface area contributed by atoms with Gasteiger partial charge in [-0.05, 0) is 92.8 Å². The van der Waals surface area contributed by atoms with Gasteiger partial charge in [0, 0.05) is 6.42 Å². The molecule has 0 saturated heterocycles. The zero-order valence-corrected chi connectivity index (χ0v) is 18.7. The van der Waals surface area contributed by atoms with Gasteiger partial charge in [0.05, 0.1) is 12.2 Å². The summed E-state index contributed by atoms with van der Waals surface area (Å²) in [6.07, 6.45) is 0.593. The quantitative estimate of drug-likeness (QED) is 0.472. The van der Waals surface area contributed by atoms with Crippen molar-refractivity contribution in [2.75, 3.05) is 6.61 Å². The Morgan fingerprint density at radius 1 is 0.800 bits per heavy atom. The van der Waals surface area contributed by atoms with Crippen molar-refractivity contribution in [3.8, 4) is 22.6 Å². The van der Waals surface area contributed by atoms with Crippen molar-refractivity contribution in [2.45, 2.75) is 53.2 Å². The second-order valence-corrected chi connectivity index (χ2v) is 8.65. The number of hydrogen-bond acceptors (Lipinski definition) is 3. The molecule has 0 atom stereocenters. The van der Waals surface area contributed by atoms with Gasteiger partial charge in [-0.1, -0.05) is 35.9 Å². The molecule has 3 aromatic carbocycles. The maximum Gasteiger partial charge on any atom is 0.119 e. The molecule has 3 nitrogen and oxygen atoms in total. The average Bonchev–Trinajstić information content (AvgIpc) is 2.66. The minimum absolute atomic E-state index is 0.494. The molecule has 0 spiro atoms. The van der Waals surface area contributed by atoms with Crippen LogP contribution in [0.2, 0.25) is 0 Å². The van der Waals surface area contributed by atoms with Crippen molar-refractivity contribution in [3.05, 3.63) is 82.9 Å². The topological polar surface area (TPSA) is 38.7 Å². The second-order valence-electron chi connectivity index (χ2n) is 8.65. The first-order valence-corrected chi connectivity index (χ1v) is 10.5. The highest BCUT2D eigenvalue weighted by atomic mass is 16.5. The summed E-state index contributed by atoms with van der Waals surface area (Å²) in [5, 5.41) is 9.86. The third-order valence-corrected chi connectivity index (χ3v) is 5.13. The van der Waals surface area contributed by atoms with Crippen LogP contribution < -0.4 is 9.47 Å². The zero-order valence-electron chi connectivity index (χ0n) is 18.7. The molecule has 0 aliphatic heterocycles. The van der Waals surface area contributed by atoms with Crippen molar-refractivity contribution in [1.82, 2.24) is 0 Å². The van der Waals surface area contributed by atoms with Gasteiger partial charge in [-0.2, -0.15) is 0 Å². The number of benzene rings is 3. The molecule has 1 N–H and O–H groups in total. The van der Waals surface area contributed by atoms with E-state index in [0.717, 1.165) is 17.1 Å². The summed E-state index contributed by atoms with van der Waals surface area (Å²) >= 11 is 0. The van der Waals surface area contributed by atoms with E-state index in [1.807, 2.05) is 12.1 Å². The highest BCUT2D eigenvalue weighted by Gasteiger charge is 2.13. The first-order valence-electron chi connectivity index (χ1n) is 10.5. The summed E-state index contributed by atoms with van der Waals surface area (Å²) in [4.78, 5) is 0. The first kappa shape index (κ1) is 21.9. The molecule has 30 heavy (non-hydrogen) atoms. The molecule has 0 heterocycles. The molecule has 0 saturated carbocycles. The maximum absolute atomic E-state index is 9.86. The summed E-state index contributed by atoms with van der Waals surface area (Å²) in [5.41, 5.74) is 6.39. The van der Waals surface area contributed by atoms with Crippen molar-refractivity contribution >= 4 is 0 Å². The summed E-state index contributed by atoms with van der Waals surface area (Å²) in [6, 6.07) is 20.8. The van der Waals surface area contributed by atoms with E-state index < -0.39 is 5.60 Å². The van der Waals surface area contributed by atoms with Crippen molar-refractivity contribution in [1.29, 1.82) is 0 Å². The summed E-state index contributed by atoms with van der Waals surface area (Å²) in [5.74, 6) is 1.72. The molecule has 3 aromatic rings. The van der Waals surface area contributed by atoms with Crippen LogP contribution in [0.15, 0.2) is 60.7 Å². The normalized spacial score (nSPS) is 11.4. The van der Waals surface area contributed by atoms with E-state index in [2.05, 4.69) is 69.3 Å². The predicted octanol–water partition coefficient (Wildman–Crippen LogP) is 6.40. The molecule has 0 radical (unpaired) electrons. The molecule has 0 aliphatic rings. The van der Waals surface area contributed by atoms with Gasteiger partial charge in [0.25, 0.3) is 0 Å². The summed E-state index contributed by atoms with van der Waals surface area (Å²) < 4.78 is 11.8. The Balaban J connectivity index is 1.73. The van der Waals surface area contributed by atoms with Crippen molar-refractivity contribution in [2.24, 2.45) is 0 Å². The van der Waals surface area contributed by atoms with Crippen LogP contribution >= 0.6 is 0 Å². The van der Waals surface area contributed by atoms with E-state index in [0.29, 0.717) is 19.6 Å². The van der Waals surface area contributed by atoms with E-state index in [1.54, 1.807) is 13.8 Å². The lowest BCUT2D eigenvalue weighted by Crippen LogP contribution is -2.21. The predicted molar refractivity (Wildman–Crippen MR) is 123 cm³/mol. The largest absolute Gasteiger partial charge is 0.493 e. The SMILES string of the molecule is Cc1ccc(OCc2cccc(-c3c(C)cc(OCCC(C)(C)O)cc3C)c2)cc1. The Hall–Kier alpha value is -2.78. The molecule has 158 valence electrons. The number of rotatable bonds is 8. The Bertz CT molecular complexity index is 959. The fourth-order valence-electron chi connectivity index (χ4n) is 3.50. The molecule has 0 amide bonds. The van der Waals surface area contributed by atoms with Crippen LogP contribution in [0.1, 0.15) is 42.5 Å². The second kappa shape index (κ2) is 9.36. The van der Waals surface area contributed by atoms with Crippen LogP contribution in [0.5, 0.6) is 11.5 Å². The Morgan fingerprint density at radius 3 is 2.10 bits per heavy atom. The van der Waals surface area contributed by atoms with Crippen molar-refractivity contribution < 1.29 is 14.6 Å². The molecule has 0 fully saturated rings. The van der Waals surface area contributed by atoms with Crippen LogP contribution in [-0.4, -0.2) is 17.3 Å². The van der Waals surface area contributed by atoms with E-state index in [4.69, 9.17) is 9.47 Å². The fourth-order valence-corrected chi connectivity index (χ4v) is 3.50. The highest BCUT2D eigenvalue weighted by Crippen LogP contribution is 2.32. The monoisotopic (exact) mass is 404 g/mol. The number of hydrogen-bond donors (Lipinski definition) is 1. The first-order chi connectivity index (χ1) is 14.2. The third kappa shape index (κ3) is 6.11. The molecule has 0 bridgehead atoms. The fraction of sp³-hybridized carbons (Fsp3) is 0.333. The lowest BCUT2D eigenvalue weighted by molar-refractivity contribution is 0.0553. The van der Waals surface area contributed by atoms with Crippen LogP contribution in [-0.2, 0) is 6.61 Å². The van der Waals surface area contributed by atoms with E-state index in [1.165, 1.54) is 27.8 Å². The lowest BCUT2D eigenvalue weighted by atomic mass is 9.94.